The van der Waals surface area contributed by atoms with Crippen molar-refractivity contribution >= 4 is 41.2 Å². The summed E-state index contributed by atoms with van der Waals surface area (Å²) in [6.45, 7) is 0. The van der Waals surface area contributed by atoms with Crippen LogP contribution in [0.5, 0.6) is 0 Å². The van der Waals surface area contributed by atoms with Crippen molar-refractivity contribution in [3.8, 4) is 28.5 Å². The molecule has 0 aliphatic carbocycles. The Morgan fingerprint density at radius 3 is 2.40 bits per heavy atom. The third-order valence-corrected chi connectivity index (χ3v) is 6.37. The number of anilines is 1. The number of carbonyl (C=O) groups is 2. The van der Waals surface area contributed by atoms with Crippen molar-refractivity contribution in [2.24, 2.45) is 0 Å². The lowest BCUT2D eigenvalue weighted by Gasteiger charge is -2.12. The van der Waals surface area contributed by atoms with Crippen LogP contribution in [0.25, 0.3) is 33.5 Å². The number of hydrogen-bond donors (Lipinski definition) is 1. The minimum absolute atomic E-state index is 0.0265. The van der Waals surface area contributed by atoms with Gasteiger partial charge in [-0.15, -0.1) is 0 Å². The molecule has 0 aliphatic heterocycles. The Labute approximate surface area is 234 Å². The fraction of sp³-hybridized carbons (Fsp3) is 0.100. The molecule has 2 amide bonds. The van der Waals surface area contributed by atoms with Gasteiger partial charge < -0.3 is 9.32 Å². The second kappa shape index (κ2) is 13.2. The smallest absolute Gasteiger partial charge is 0.302 e. The molecule has 0 unspecified atom stereocenters. The highest BCUT2D eigenvalue weighted by Crippen LogP contribution is 2.34. The number of amides is 2. The topological polar surface area (TPSA) is 112 Å². The minimum atomic E-state index is -0.406. The second-order valence-electron chi connectivity index (χ2n) is 8.62. The lowest BCUT2D eigenvalue weighted by Crippen LogP contribution is -2.14. The van der Waals surface area contributed by atoms with Crippen molar-refractivity contribution in [2.45, 2.75) is 5.03 Å². The molecule has 10 heteroatoms. The first-order valence-corrected chi connectivity index (χ1v) is 13.0. The zero-order valence-corrected chi connectivity index (χ0v) is 22.5. The van der Waals surface area contributed by atoms with Gasteiger partial charge in [0.2, 0.25) is 12.3 Å². The molecule has 2 heterocycles. The van der Waals surface area contributed by atoms with Gasteiger partial charge in [-0.2, -0.15) is 10.2 Å². The zero-order valence-electron chi connectivity index (χ0n) is 21.7. The highest BCUT2D eigenvalue weighted by atomic mass is 32.2. The Hall–Kier alpha value is -5.01. The summed E-state index contributed by atoms with van der Waals surface area (Å²) in [7, 11) is 3.38. The van der Waals surface area contributed by atoms with Gasteiger partial charge in [-0.25, -0.2) is 9.37 Å². The van der Waals surface area contributed by atoms with Crippen LogP contribution < -0.4 is 5.32 Å². The van der Waals surface area contributed by atoms with Crippen molar-refractivity contribution in [1.29, 1.82) is 5.26 Å². The van der Waals surface area contributed by atoms with Crippen molar-refractivity contribution in [2.75, 3.05) is 25.2 Å². The molecule has 5 rings (SSSR count). The number of para-hydroxylation sites is 2. The largest absolute Gasteiger partial charge is 0.423 e. The standard InChI is InChI=1S/C27H17FN4O2S.C3H7NO/c28-19-10-6-9-18(13-19)20-14-23(17-7-2-1-3-8-17)30-26(21(20)15-29)35-16-25(33)32-27-31-22-11-4-5-12-24(22)34-27;1-4(2)3-5/h1-14H,16H2,(H,31,32,33);3H,1-2H3. The Kier molecular flexibility index (Phi) is 9.23. The lowest BCUT2D eigenvalue weighted by atomic mass is 9.99. The lowest BCUT2D eigenvalue weighted by molar-refractivity contribution is -0.116. The van der Waals surface area contributed by atoms with Gasteiger partial charge in [0, 0.05) is 25.2 Å². The van der Waals surface area contributed by atoms with Crippen molar-refractivity contribution in [1.82, 2.24) is 14.9 Å². The molecule has 200 valence electrons. The van der Waals surface area contributed by atoms with Crippen LogP contribution in [0.1, 0.15) is 5.56 Å². The number of benzene rings is 3. The molecule has 0 fully saturated rings. The normalized spacial score (nSPS) is 10.2. The summed E-state index contributed by atoms with van der Waals surface area (Å²) < 4.78 is 19.5. The van der Waals surface area contributed by atoms with Gasteiger partial charge in [-0.1, -0.05) is 66.4 Å². The molecule has 3 aromatic carbocycles. The van der Waals surface area contributed by atoms with Gasteiger partial charge in [0.05, 0.1) is 17.0 Å². The van der Waals surface area contributed by atoms with Gasteiger partial charge in [0.25, 0.3) is 0 Å². The fourth-order valence-electron chi connectivity index (χ4n) is 3.59. The number of nitrogens with one attached hydrogen (secondary N) is 1. The van der Waals surface area contributed by atoms with Crippen LogP contribution in [0.3, 0.4) is 0 Å². The summed E-state index contributed by atoms with van der Waals surface area (Å²) in [6.07, 6.45) is 0.750. The predicted octanol–water partition coefficient (Wildman–Crippen LogP) is 6.00. The molecule has 8 nitrogen and oxygen atoms in total. The van der Waals surface area contributed by atoms with E-state index in [0.29, 0.717) is 32.9 Å². The Morgan fingerprint density at radius 1 is 1.02 bits per heavy atom. The fourth-order valence-corrected chi connectivity index (χ4v) is 4.39. The van der Waals surface area contributed by atoms with Crippen molar-refractivity contribution in [3.05, 3.63) is 96.3 Å². The zero-order chi connectivity index (χ0) is 28.5. The first kappa shape index (κ1) is 28.0. The number of thioether (sulfide) groups is 1. The first-order chi connectivity index (χ1) is 19.4. The minimum Gasteiger partial charge on any atom is -0.423 e. The number of hydrogen-bond acceptors (Lipinski definition) is 7. The maximum absolute atomic E-state index is 14.0. The Morgan fingerprint density at radius 2 is 1.73 bits per heavy atom. The van der Waals surface area contributed by atoms with E-state index in [4.69, 9.17) is 4.42 Å². The van der Waals surface area contributed by atoms with Gasteiger partial charge in [-0.05, 0) is 35.9 Å². The summed E-state index contributed by atoms with van der Waals surface area (Å²) >= 11 is 1.12. The third kappa shape index (κ3) is 7.09. The molecule has 0 bridgehead atoms. The maximum atomic E-state index is 14.0. The molecule has 5 aromatic rings. The number of rotatable bonds is 7. The van der Waals surface area contributed by atoms with Crippen LogP contribution >= 0.6 is 11.8 Å². The van der Waals surface area contributed by atoms with E-state index in [2.05, 4.69) is 21.4 Å². The SMILES string of the molecule is CN(C)C=O.N#Cc1c(-c2cccc(F)c2)cc(-c2ccccc2)nc1SCC(=O)Nc1nc2ccccc2o1. The van der Waals surface area contributed by atoms with Crippen molar-refractivity contribution < 1.29 is 18.4 Å². The van der Waals surface area contributed by atoms with Gasteiger partial charge >= 0.3 is 6.01 Å². The number of oxazole rings is 1. The highest BCUT2D eigenvalue weighted by molar-refractivity contribution is 8.00. The Balaban J connectivity index is 0.000000681. The van der Waals surface area contributed by atoms with E-state index in [1.165, 1.54) is 17.0 Å². The van der Waals surface area contributed by atoms with Gasteiger partial charge in [0.1, 0.15) is 22.4 Å². The number of halogens is 1. The molecule has 0 saturated carbocycles. The van der Waals surface area contributed by atoms with Crippen LogP contribution in [-0.4, -0.2) is 47.0 Å². The van der Waals surface area contributed by atoms with E-state index >= 15 is 0 Å². The molecule has 40 heavy (non-hydrogen) atoms. The maximum Gasteiger partial charge on any atom is 0.302 e. The first-order valence-electron chi connectivity index (χ1n) is 12.0. The number of pyridine rings is 1. The van der Waals surface area contributed by atoms with Gasteiger partial charge in [0.15, 0.2) is 5.58 Å². The van der Waals surface area contributed by atoms with Crippen LogP contribution in [0.2, 0.25) is 0 Å². The predicted molar refractivity (Wildman–Crippen MR) is 153 cm³/mol. The van der Waals surface area contributed by atoms with Crippen molar-refractivity contribution in [3.63, 3.8) is 0 Å². The molecule has 0 aliphatic rings. The molecule has 1 N–H and O–H groups in total. The van der Waals surface area contributed by atoms with E-state index in [1.807, 2.05) is 42.5 Å². The average molecular weight is 554 g/mol. The average Bonchev–Trinajstić information content (AvgIpc) is 3.38. The summed E-state index contributed by atoms with van der Waals surface area (Å²) in [5.41, 5.74) is 4.04. The summed E-state index contributed by atoms with van der Waals surface area (Å²) in [5, 5.41) is 13.0. The second-order valence-corrected chi connectivity index (χ2v) is 9.58. The number of nitrogens with zero attached hydrogens (tertiary/aromatic N) is 4. The van der Waals surface area contributed by atoms with E-state index in [9.17, 15) is 19.2 Å². The van der Waals surface area contributed by atoms with Crippen LogP contribution in [0.4, 0.5) is 10.4 Å². The molecule has 0 spiro atoms. The molecule has 0 atom stereocenters. The monoisotopic (exact) mass is 553 g/mol. The van der Waals surface area contributed by atoms with Crippen LogP contribution in [-0.2, 0) is 9.59 Å². The van der Waals surface area contributed by atoms with E-state index in [1.54, 1.807) is 44.4 Å². The molecule has 0 radical (unpaired) electrons. The summed E-state index contributed by atoms with van der Waals surface area (Å²) in [4.78, 5) is 32.4. The van der Waals surface area contributed by atoms with Crippen LogP contribution in [0.15, 0.2) is 94.4 Å². The molecular formula is C30H24FN5O3S. The number of carbonyl (C=O) groups excluding carboxylic acids is 2. The van der Waals surface area contributed by atoms with Gasteiger partial charge in [-0.3, -0.25) is 14.9 Å². The number of nitriles is 1. The quantitative estimate of drug-likeness (QED) is 0.194. The summed E-state index contributed by atoms with van der Waals surface area (Å²) in [5.74, 6) is -0.789. The number of fused-ring (bicyclic) bond motifs is 1. The third-order valence-electron chi connectivity index (χ3n) is 5.39. The van der Waals surface area contributed by atoms with Crippen LogP contribution in [0, 0.1) is 17.1 Å². The van der Waals surface area contributed by atoms with E-state index in [-0.39, 0.29) is 23.2 Å². The summed E-state index contributed by atoms with van der Waals surface area (Å²) in [6, 6.07) is 26.8. The number of aromatic nitrogens is 2. The molecular weight excluding hydrogens is 529 g/mol. The highest BCUT2D eigenvalue weighted by Gasteiger charge is 2.18. The Bertz CT molecular complexity index is 1650. The van der Waals surface area contributed by atoms with E-state index < -0.39 is 5.82 Å². The van der Waals surface area contributed by atoms with E-state index in [0.717, 1.165) is 23.7 Å². The molecule has 0 saturated heterocycles. The molecule has 2 aromatic heterocycles.